The van der Waals surface area contributed by atoms with Crippen molar-refractivity contribution >= 4 is 18.4 Å². The molecule has 0 aliphatic heterocycles. The SMILES string of the molecule is O=COC(=O)CC(O)C(=O)O. The zero-order valence-corrected chi connectivity index (χ0v) is 5.39. The normalized spacial score (nSPS) is 11.7. The molecule has 0 aromatic rings. The molecule has 0 radical (unpaired) electrons. The van der Waals surface area contributed by atoms with Crippen LogP contribution in [0.1, 0.15) is 6.42 Å². The minimum atomic E-state index is -1.82. The second kappa shape index (κ2) is 4.40. The summed E-state index contributed by atoms with van der Waals surface area (Å²) in [5.41, 5.74) is 0. The van der Waals surface area contributed by atoms with Gasteiger partial charge in [-0.25, -0.2) is 4.79 Å². The van der Waals surface area contributed by atoms with Crippen LogP contribution < -0.4 is 0 Å². The van der Waals surface area contributed by atoms with Gasteiger partial charge in [0.2, 0.25) is 0 Å². The molecule has 0 rings (SSSR count). The highest BCUT2D eigenvalue weighted by molar-refractivity contribution is 5.83. The van der Waals surface area contributed by atoms with Crippen LogP contribution >= 0.6 is 0 Å². The van der Waals surface area contributed by atoms with Gasteiger partial charge in [-0.3, -0.25) is 9.59 Å². The molecule has 62 valence electrons. The molecule has 0 spiro atoms. The third kappa shape index (κ3) is 4.04. The second-order valence-corrected chi connectivity index (χ2v) is 1.64. The third-order valence-electron chi connectivity index (χ3n) is 0.825. The van der Waals surface area contributed by atoms with Gasteiger partial charge in [0.15, 0.2) is 6.10 Å². The minimum absolute atomic E-state index is 0.128. The lowest BCUT2D eigenvalue weighted by molar-refractivity contribution is -0.158. The Labute approximate surface area is 61.4 Å². The largest absolute Gasteiger partial charge is 0.479 e. The number of aliphatic carboxylic acids is 1. The Bertz CT molecular complexity index is 174. The van der Waals surface area contributed by atoms with Gasteiger partial charge in [0, 0.05) is 0 Å². The number of carbonyl (C=O) groups is 3. The molecule has 0 saturated carbocycles. The number of aliphatic hydroxyl groups is 1. The van der Waals surface area contributed by atoms with E-state index >= 15 is 0 Å². The van der Waals surface area contributed by atoms with Crippen LogP contribution in [-0.2, 0) is 19.1 Å². The highest BCUT2D eigenvalue weighted by Gasteiger charge is 2.18. The molecule has 0 amide bonds. The van der Waals surface area contributed by atoms with Crippen LogP contribution in [0.15, 0.2) is 0 Å². The van der Waals surface area contributed by atoms with Gasteiger partial charge in [0.1, 0.15) is 0 Å². The first kappa shape index (κ1) is 9.57. The van der Waals surface area contributed by atoms with Crippen LogP contribution in [0.5, 0.6) is 0 Å². The van der Waals surface area contributed by atoms with Gasteiger partial charge in [0.05, 0.1) is 6.42 Å². The number of carboxylic acid groups (broad SMARTS) is 1. The van der Waals surface area contributed by atoms with E-state index in [1.807, 2.05) is 0 Å². The van der Waals surface area contributed by atoms with E-state index in [1.54, 1.807) is 0 Å². The Balaban J connectivity index is 3.74. The molecule has 0 heterocycles. The maximum atomic E-state index is 10.3. The van der Waals surface area contributed by atoms with Gasteiger partial charge in [-0.15, -0.1) is 0 Å². The molecule has 0 saturated heterocycles. The van der Waals surface area contributed by atoms with Crippen molar-refractivity contribution in [3.8, 4) is 0 Å². The number of carbonyl (C=O) groups excluding carboxylic acids is 2. The number of carboxylic acids is 1. The number of aliphatic hydroxyl groups excluding tert-OH is 1. The van der Waals surface area contributed by atoms with Crippen molar-refractivity contribution in [1.82, 2.24) is 0 Å². The topological polar surface area (TPSA) is 101 Å². The van der Waals surface area contributed by atoms with Crippen molar-refractivity contribution in [1.29, 1.82) is 0 Å². The fourth-order valence-corrected chi connectivity index (χ4v) is 0.347. The van der Waals surface area contributed by atoms with Crippen LogP contribution in [0.3, 0.4) is 0 Å². The van der Waals surface area contributed by atoms with Crippen molar-refractivity contribution in [3.63, 3.8) is 0 Å². The van der Waals surface area contributed by atoms with E-state index in [-0.39, 0.29) is 6.47 Å². The highest BCUT2D eigenvalue weighted by atomic mass is 16.6. The molecule has 0 aliphatic rings. The fourth-order valence-electron chi connectivity index (χ4n) is 0.347. The van der Waals surface area contributed by atoms with Gasteiger partial charge in [0.25, 0.3) is 0 Å². The third-order valence-corrected chi connectivity index (χ3v) is 0.825. The molecule has 0 aromatic heterocycles. The Morgan fingerprint density at radius 1 is 1.55 bits per heavy atom. The van der Waals surface area contributed by atoms with Crippen LogP contribution in [0.25, 0.3) is 0 Å². The number of hydrogen-bond donors (Lipinski definition) is 2. The second-order valence-electron chi connectivity index (χ2n) is 1.64. The summed E-state index contributed by atoms with van der Waals surface area (Å²) in [4.78, 5) is 29.7. The van der Waals surface area contributed by atoms with Crippen LogP contribution in [-0.4, -0.2) is 34.7 Å². The predicted molar refractivity (Wildman–Crippen MR) is 30.4 cm³/mol. The van der Waals surface area contributed by atoms with Gasteiger partial charge >= 0.3 is 18.4 Å². The van der Waals surface area contributed by atoms with E-state index < -0.39 is 24.5 Å². The summed E-state index contributed by atoms with van der Waals surface area (Å²) in [6.07, 6.45) is -2.55. The van der Waals surface area contributed by atoms with E-state index in [0.717, 1.165) is 0 Å². The Hall–Kier alpha value is -1.43. The summed E-state index contributed by atoms with van der Waals surface area (Å²) in [5, 5.41) is 16.6. The smallest absolute Gasteiger partial charge is 0.333 e. The first-order valence-corrected chi connectivity index (χ1v) is 2.62. The van der Waals surface area contributed by atoms with Crippen molar-refractivity contribution in [2.45, 2.75) is 12.5 Å². The summed E-state index contributed by atoms with van der Waals surface area (Å²) < 4.78 is 3.72. The Kier molecular flexibility index (Phi) is 3.82. The maximum absolute atomic E-state index is 10.3. The molecule has 2 N–H and O–H groups in total. The van der Waals surface area contributed by atoms with Crippen LogP contribution in [0.4, 0.5) is 0 Å². The van der Waals surface area contributed by atoms with E-state index in [4.69, 9.17) is 10.2 Å². The lowest BCUT2D eigenvalue weighted by Crippen LogP contribution is -2.23. The standard InChI is InChI=1S/C5H6O6/c6-2-11-4(8)1-3(7)5(9)10/h2-3,7H,1H2,(H,9,10). The van der Waals surface area contributed by atoms with Crippen molar-refractivity contribution in [2.24, 2.45) is 0 Å². The average Bonchev–Trinajstić information content (AvgIpc) is 1.87. The van der Waals surface area contributed by atoms with Gasteiger partial charge in [-0.2, -0.15) is 0 Å². The van der Waals surface area contributed by atoms with Crippen molar-refractivity contribution < 1.29 is 29.3 Å². The van der Waals surface area contributed by atoms with Gasteiger partial charge < -0.3 is 14.9 Å². The summed E-state index contributed by atoms with van der Waals surface area (Å²) in [6, 6.07) is 0. The minimum Gasteiger partial charge on any atom is -0.479 e. The molecule has 6 nitrogen and oxygen atoms in total. The molecule has 0 aliphatic carbocycles. The molecule has 1 unspecified atom stereocenters. The zero-order valence-electron chi connectivity index (χ0n) is 5.39. The zero-order chi connectivity index (χ0) is 8.85. The molecule has 6 heteroatoms. The monoisotopic (exact) mass is 162 g/mol. The molecular weight excluding hydrogens is 156 g/mol. The van der Waals surface area contributed by atoms with Crippen LogP contribution in [0, 0.1) is 0 Å². The number of hydrogen-bond acceptors (Lipinski definition) is 5. The summed E-state index contributed by atoms with van der Waals surface area (Å²) in [6.45, 7) is -0.128. The quantitative estimate of drug-likeness (QED) is 0.297. The maximum Gasteiger partial charge on any atom is 0.333 e. The summed E-state index contributed by atoms with van der Waals surface area (Å²) >= 11 is 0. The van der Waals surface area contributed by atoms with E-state index in [9.17, 15) is 14.4 Å². The molecular formula is C5H6O6. The van der Waals surface area contributed by atoms with Crippen molar-refractivity contribution in [3.05, 3.63) is 0 Å². The van der Waals surface area contributed by atoms with E-state index in [2.05, 4.69) is 4.74 Å². The number of rotatable bonds is 4. The van der Waals surface area contributed by atoms with Crippen molar-refractivity contribution in [2.75, 3.05) is 0 Å². The summed E-state index contributed by atoms with van der Waals surface area (Å²) in [7, 11) is 0. The van der Waals surface area contributed by atoms with Crippen LogP contribution in [0.2, 0.25) is 0 Å². The number of ether oxygens (including phenoxy) is 1. The fraction of sp³-hybridized carbons (Fsp3) is 0.400. The molecule has 0 fully saturated rings. The first-order chi connectivity index (χ1) is 5.07. The Morgan fingerprint density at radius 3 is 2.45 bits per heavy atom. The molecule has 11 heavy (non-hydrogen) atoms. The van der Waals surface area contributed by atoms with E-state index in [1.165, 1.54) is 0 Å². The lowest BCUT2D eigenvalue weighted by Gasteiger charge is -2.00. The predicted octanol–water partition coefficient (Wildman–Crippen LogP) is -1.48. The van der Waals surface area contributed by atoms with E-state index in [0.29, 0.717) is 0 Å². The molecule has 0 aromatic carbocycles. The van der Waals surface area contributed by atoms with Gasteiger partial charge in [-0.05, 0) is 0 Å². The first-order valence-electron chi connectivity index (χ1n) is 2.62. The Morgan fingerprint density at radius 2 is 2.09 bits per heavy atom. The average molecular weight is 162 g/mol. The lowest BCUT2D eigenvalue weighted by atomic mass is 10.3. The molecule has 1 atom stereocenters. The summed E-state index contributed by atoms with van der Waals surface area (Å²) in [5.74, 6) is -2.61. The highest BCUT2D eigenvalue weighted by Crippen LogP contribution is 1.92. The van der Waals surface area contributed by atoms with Gasteiger partial charge in [-0.1, -0.05) is 0 Å². The molecule has 0 bridgehead atoms. The number of esters is 1.